The molecule has 0 atom stereocenters. The molecule has 1 aliphatic rings. The number of hydrogen-bond donors (Lipinski definition) is 0. The van der Waals surface area contributed by atoms with Crippen LogP contribution in [0.2, 0.25) is 0 Å². The minimum atomic E-state index is -5.58. The van der Waals surface area contributed by atoms with Crippen LogP contribution < -0.4 is 4.90 Å². The second-order valence-electron chi connectivity index (χ2n) is 5.53. The summed E-state index contributed by atoms with van der Waals surface area (Å²) in [7, 11) is -3.98. The lowest BCUT2D eigenvalue weighted by Crippen LogP contribution is -2.47. The summed E-state index contributed by atoms with van der Waals surface area (Å²) in [6, 6.07) is 5.15. The van der Waals surface area contributed by atoms with E-state index in [-0.39, 0.29) is 5.69 Å². The maximum absolute atomic E-state index is 12.8. The molecule has 0 spiro atoms. The van der Waals surface area contributed by atoms with Crippen molar-refractivity contribution in [2.75, 3.05) is 51.3 Å². The van der Waals surface area contributed by atoms with Gasteiger partial charge in [-0.05, 0) is 12.1 Å². The molecule has 1 aromatic carbocycles. The van der Waals surface area contributed by atoms with Crippen LogP contribution >= 0.6 is 0 Å². The number of piperazine rings is 1. The Morgan fingerprint density at radius 1 is 1.24 bits per heavy atom. The first-order valence-electron chi connectivity index (χ1n) is 7.53. The Bertz CT molecular complexity index is 752. The second-order valence-corrected chi connectivity index (χ2v) is 7.44. The summed E-state index contributed by atoms with van der Waals surface area (Å²) in [5.41, 5.74) is -5.71. The van der Waals surface area contributed by atoms with E-state index in [4.69, 9.17) is 4.74 Å². The van der Waals surface area contributed by atoms with Crippen molar-refractivity contribution in [1.29, 1.82) is 5.26 Å². The molecule has 1 saturated heterocycles. The summed E-state index contributed by atoms with van der Waals surface area (Å²) in [5, 5.41) is 9.29. The molecule has 138 valence electrons. The third-order valence-corrected chi connectivity index (χ3v) is 5.56. The maximum Gasteiger partial charge on any atom is 0.501 e. The molecule has 1 aliphatic heterocycles. The van der Waals surface area contributed by atoms with E-state index in [2.05, 4.69) is 4.90 Å². The van der Waals surface area contributed by atoms with Gasteiger partial charge in [0.25, 0.3) is 9.84 Å². The molecule has 25 heavy (non-hydrogen) atoms. The van der Waals surface area contributed by atoms with Crippen molar-refractivity contribution in [1.82, 2.24) is 4.90 Å². The molecule has 0 aliphatic carbocycles. The van der Waals surface area contributed by atoms with Gasteiger partial charge in [0, 0.05) is 39.8 Å². The summed E-state index contributed by atoms with van der Waals surface area (Å²) in [6.45, 7) is 3.55. The average Bonchev–Trinajstić information content (AvgIpc) is 2.58. The Labute approximate surface area is 144 Å². The first-order valence-corrected chi connectivity index (χ1v) is 9.01. The Kier molecular flexibility index (Phi) is 5.92. The highest BCUT2D eigenvalue weighted by molar-refractivity contribution is 7.92. The molecule has 0 bridgehead atoms. The van der Waals surface area contributed by atoms with Crippen LogP contribution in [0, 0.1) is 11.3 Å². The first kappa shape index (κ1) is 19.5. The molecule has 1 fully saturated rings. The summed E-state index contributed by atoms with van der Waals surface area (Å²) in [5.74, 6) is 0. The fraction of sp³-hybridized carbons (Fsp3) is 0.533. The number of methoxy groups -OCH3 is 1. The van der Waals surface area contributed by atoms with Gasteiger partial charge in [0.2, 0.25) is 0 Å². The lowest BCUT2D eigenvalue weighted by Gasteiger charge is -2.36. The Balaban J connectivity index is 2.30. The van der Waals surface area contributed by atoms with Crippen LogP contribution in [0.25, 0.3) is 0 Å². The van der Waals surface area contributed by atoms with Gasteiger partial charge in [0.15, 0.2) is 0 Å². The van der Waals surface area contributed by atoms with Crippen molar-refractivity contribution in [3.05, 3.63) is 23.8 Å². The molecule has 0 radical (unpaired) electrons. The minimum Gasteiger partial charge on any atom is -0.383 e. The summed E-state index contributed by atoms with van der Waals surface area (Å²) >= 11 is 0. The van der Waals surface area contributed by atoms with Gasteiger partial charge in [-0.2, -0.15) is 18.4 Å². The molecular formula is C15H18F3N3O3S. The third-order valence-electron chi connectivity index (χ3n) is 4.03. The van der Waals surface area contributed by atoms with Crippen LogP contribution in [-0.2, 0) is 14.6 Å². The molecule has 0 amide bonds. The van der Waals surface area contributed by atoms with E-state index in [0.29, 0.717) is 32.8 Å². The van der Waals surface area contributed by atoms with Crippen molar-refractivity contribution in [2.45, 2.75) is 10.4 Å². The number of halogens is 3. The average molecular weight is 377 g/mol. The minimum absolute atomic E-state index is 0.208. The van der Waals surface area contributed by atoms with Crippen LogP contribution in [0.3, 0.4) is 0 Å². The van der Waals surface area contributed by atoms with Gasteiger partial charge in [0.1, 0.15) is 6.07 Å². The fourth-order valence-corrected chi connectivity index (χ4v) is 3.60. The number of alkyl halides is 3. The smallest absolute Gasteiger partial charge is 0.383 e. The molecule has 2 rings (SSSR count). The van der Waals surface area contributed by atoms with Gasteiger partial charge in [-0.1, -0.05) is 6.07 Å². The largest absolute Gasteiger partial charge is 0.501 e. The van der Waals surface area contributed by atoms with Crippen molar-refractivity contribution >= 4 is 15.5 Å². The molecule has 0 N–H and O–H groups in total. The first-order chi connectivity index (χ1) is 11.7. The third kappa shape index (κ3) is 4.05. The van der Waals surface area contributed by atoms with Gasteiger partial charge in [-0.15, -0.1) is 0 Å². The number of anilines is 1. The summed E-state index contributed by atoms with van der Waals surface area (Å²) in [4.78, 5) is 2.86. The number of sulfone groups is 1. The SMILES string of the molecule is COCCN1CCN(c2cccc(S(=O)(=O)C(F)(F)F)c2C#N)CC1. The van der Waals surface area contributed by atoms with Gasteiger partial charge < -0.3 is 9.64 Å². The van der Waals surface area contributed by atoms with E-state index in [1.165, 1.54) is 12.1 Å². The maximum atomic E-state index is 12.8. The highest BCUT2D eigenvalue weighted by Crippen LogP contribution is 2.35. The molecular weight excluding hydrogens is 359 g/mol. The Hall–Kier alpha value is -1.83. The van der Waals surface area contributed by atoms with E-state index >= 15 is 0 Å². The fourth-order valence-electron chi connectivity index (χ4n) is 2.68. The number of hydrogen-bond acceptors (Lipinski definition) is 6. The van der Waals surface area contributed by atoms with E-state index in [1.54, 1.807) is 18.1 Å². The van der Waals surface area contributed by atoms with E-state index in [1.807, 2.05) is 0 Å². The van der Waals surface area contributed by atoms with Crippen molar-refractivity contribution in [3.63, 3.8) is 0 Å². The lowest BCUT2D eigenvalue weighted by atomic mass is 10.1. The van der Waals surface area contributed by atoms with Crippen LogP contribution in [0.1, 0.15) is 5.56 Å². The quantitative estimate of drug-likeness (QED) is 0.776. The van der Waals surface area contributed by atoms with E-state index in [9.17, 15) is 26.9 Å². The monoisotopic (exact) mass is 377 g/mol. The normalized spacial score (nSPS) is 16.7. The predicted octanol–water partition coefficient (Wildman–Crippen LogP) is 1.62. The second kappa shape index (κ2) is 7.59. The number of benzene rings is 1. The van der Waals surface area contributed by atoms with E-state index in [0.717, 1.165) is 12.6 Å². The highest BCUT2D eigenvalue weighted by atomic mass is 32.2. The van der Waals surface area contributed by atoms with Crippen LogP contribution in [0.4, 0.5) is 18.9 Å². The van der Waals surface area contributed by atoms with Gasteiger partial charge in [-0.3, -0.25) is 4.90 Å². The molecule has 0 unspecified atom stereocenters. The highest BCUT2D eigenvalue weighted by Gasteiger charge is 2.48. The van der Waals surface area contributed by atoms with Gasteiger partial charge in [0.05, 0.1) is 22.8 Å². The van der Waals surface area contributed by atoms with E-state index < -0.39 is 25.8 Å². The van der Waals surface area contributed by atoms with Gasteiger partial charge in [-0.25, -0.2) is 8.42 Å². The summed E-state index contributed by atoms with van der Waals surface area (Å²) in [6.07, 6.45) is 0. The Morgan fingerprint density at radius 3 is 2.40 bits per heavy atom. The standard InChI is InChI=1S/C15H18F3N3O3S/c1-24-10-9-20-5-7-21(8-6-20)13-3-2-4-14(12(13)11-19)25(22,23)15(16,17)18/h2-4H,5-10H2,1H3. The predicted molar refractivity (Wildman–Crippen MR) is 84.9 cm³/mol. The lowest BCUT2D eigenvalue weighted by molar-refractivity contribution is -0.0436. The molecule has 0 saturated carbocycles. The molecule has 6 nitrogen and oxygen atoms in total. The zero-order valence-corrected chi connectivity index (χ0v) is 14.4. The van der Waals surface area contributed by atoms with Crippen LogP contribution in [0.5, 0.6) is 0 Å². The molecule has 10 heteroatoms. The van der Waals surface area contributed by atoms with Crippen LogP contribution in [-0.4, -0.2) is 65.3 Å². The number of nitrogens with zero attached hydrogens (tertiary/aromatic N) is 3. The molecule has 0 aromatic heterocycles. The number of rotatable bonds is 5. The zero-order valence-electron chi connectivity index (χ0n) is 13.6. The van der Waals surface area contributed by atoms with Crippen LogP contribution in [0.15, 0.2) is 23.1 Å². The van der Waals surface area contributed by atoms with Crippen molar-refractivity contribution < 1.29 is 26.3 Å². The Morgan fingerprint density at radius 2 is 1.88 bits per heavy atom. The topological polar surface area (TPSA) is 73.6 Å². The van der Waals surface area contributed by atoms with Gasteiger partial charge >= 0.3 is 5.51 Å². The zero-order chi connectivity index (χ0) is 18.7. The molecule has 1 aromatic rings. The number of nitriles is 1. The van der Waals surface area contributed by atoms with Crippen molar-refractivity contribution in [2.24, 2.45) is 0 Å². The van der Waals surface area contributed by atoms with Crippen molar-refractivity contribution in [3.8, 4) is 6.07 Å². The number of ether oxygens (including phenoxy) is 1. The molecule has 1 heterocycles. The summed E-state index contributed by atoms with van der Waals surface area (Å²) < 4.78 is 67.0.